The molecule has 5 heteroatoms. The van der Waals surface area contributed by atoms with Crippen molar-refractivity contribution in [3.05, 3.63) is 17.0 Å². The zero-order valence-corrected chi connectivity index (χ0v) is 10.2. The van der Waals surface area contributed by atoms with Crippen LogP contribution in [0.25, 0.3) is 0 Å². The molecule has 1 aromatic heterocycles. The molecule has 0 atom stereocenters. The summed E-state index contributed by atoms with van der Waals surface area (Å²) in [6.07, 6.45) is 4.38. The van der Waals surface area contributed by atoms with E-state index in [2.05, 4.69) is 9.97 Å². The van der Waals surface area contributed by atoms with Crippen LogP contribution in [0.2, 0.25) is 0 Å². The van der Waals surface area contributed by atoms with Crippen molar-refractivity contribution in [2.75, 3.05) is 18.5 Å². The number of aliphatic carboxylic acids is 1. The summed E-state index contributed by atoms with van der Waals surface area (Å²) in [5.74, 6) is -0.350. The van der Waals surface area contributed by atoms with E-state index in [0.717, 1.165) is 30.7 Å². The number of fused-ring (bicyclic) bond motifs is 1. The molecule has 2 rings (SSSR count). The molecule has 92 valence electrons. The highest BCUT2D eigenvalue weighted by Gasteiger charge is 2.17. The highest BCUT2D eigenvalue weighted by Crippen LogP contribution is 2.23. The van der Waals surface area contributed by atoms with Gasteiger partial charge in [0.05, 0.1) is 0 Å². The fraction of sp³-hybridized carbons (Fsp3) is 0.583. The summed E-state index contributed by atoms with van der Waals surface area (Å²) >= 11 is 0. The van der Waals surface area contributed by atoms with Crippen molar-refractivity contribution in [1.82, 2.24) is 9.97 Å². The molecular weight excluding hydrogens is 218 g/mol. The van der Waals surface area contributed by atoms with Crippen molar-refractivity contribution < 1.29 is 9.90 Å². The minimum atomic E-state index is -0.869. The smallest absolute Gasteiger partial charge is 0.323 e. The molecule has 5 nitrogen and oxygen atoms in total. The highest BCUT2D eigenvalue weighted by atomic mass is 16.4. The second-order valence-electron chi connectivity index (χ2n) is 4.49. The Bertz CT molecular complexity index is 446. The lowest BCUT2D eigenvalue weighted by Gasteiger charge is -2.21. The first-order valence-electron chi connectivity index (χ1n) is 5.87. The van der Waals surface area contributed by atoms with E-state index in [1.54, 1.807) is 11.9 Å². The summed E-state index contributed by atoms with van der Waals surface area (Å²) in [7, 11) is 1.71. The minimum absolute atomic E-state index is 0.0712. The van der Waals surface area contributed by atoms with Gasteiger partial charge in [-0.05, 0) is 38.2 Å². The van der Waals surface area contributed by atoms with Crippen LogP contribution in [0.5, 0.6) is 0 Å². The number of hydrogen-bond acceptors (Lipinski definition) is 4. The number of rotatable bonds is 3. The van der Waals surface area contributed by atoms with E-state index >= 15 is 0 Å². The number of aromatic nitrogens is 2. The molecule has 17 heavy (non-hydrogen) atoms. The van der Waals surface area contributed by atoms with Gasteiger partial charge in [0.1, 0.15) is 6.54 Å². The first-order valence-corrected chi connectivity index (χ1v) is 5.87. The molecular formula is C12H17N3O2. The van der Waals surface area contributed by atoms with Crippen molar-refractivity contribution in [2.24, 2.45) is 0 Å². The Kier molecular flexibility index (Phi) is 3.26. The van der Waals surface area contributed by atoms with Gasteiger partial charge in [-0.2, -0.15) is 0 Å². The number of aryl methyl sites for hydroxylation is 2. The summed E-state index contributed by atoms with van der Waals surface area (Å²) < 4.78 is 0. The monoisotopic (exact) mass is 235 g/mol. The molecule has 1 N–H and O–H groups in total. The fourth-order valence-electron chi connectivity index (χ4n) is 2.21. The normalized spacial score (nSPS) is 14.2. The van der Waals surface area contributed by atoms with Crippen LogP contribution in [-0.2, 0) is 17.6 Å². The van der Waals surface area contributed by atoms with E-state index in [-0.39, 0.29) is 6.54 Å². The van der Waals surface area contributed by atoms with E-state index in [0.29, 0.717) is 5.95 Å². The number of nitrogens with zero attached hydrogens (tertiary/aromatic N) is 3. The number of carboxylic acids is 1. The van der Waals surface area contributed by atoms with Crippen LogP contribution < -0.4 is 4.90 Å². The molecule has 1 heterocycles. The van der Waals surface area contributed by atoms with Gasteiger partial charge in [0, 0.05) is 18.4 Å². The number of carboxylic acid groups (broad SMARTS) is 1. The van der Waals surface area contributed by atoms with Crippen molar-refractivity contribution in [2.45, 2.75) is 32.6 Å². The van der Waals surface area contributed by atoms with Gasteiger partial charge < -0.3 is 10.0 Å². The molecule has 0 amide bonds. The summed E-state index contributed by atoms with van der Waals surface area (Å²) in [6, 6.07) is 0. The van der Waals surface area contributed by atoms with Crippen molar-refractivity contribution in [3.63, 3.8) is 0 Å². The Labute approximate surface area is 100 Å². The molecule has 1 aromatic rings. The lowest BCUT2D eigenvalue weighted by Crippen LogP contribution is -2.28. The lowest BCUT2D eigenvalue weighted by molar-refractivity contribution is -0.135. The summed E-state index contributed by atoms with van der Waals surface area (Å²) in [5, 5.41) is 8.76. The van der Waals surface area contributed by atoms with E-state index in [9.17, 15) is 4.79 Å². The zero-order chi connectivity index (χ0) is 12.4. The standard InChI is InChI=1S/C12H17N3O2/c1-8-9-5-3-4-6-10(9)14-12(13-8)15(2)7-11(16)17/h3-7H2,1-2H3,(H,16,17). The van der Waals surface area contributed by atoms with Crippen molar-refractivity contribution in [3.8, 4) is 0 Å². The van der Waals surface area contributed by atoms with Gasteiger partial charge in [0.25, 0.3) is 0 Å². The van der Waals surface area contributed by atoms with E-state index < -0.39 is 5.97 Å². The van der Waals surface area contributed by atoms with E-state index in [1.165, 1.54) is 12.0 Å². The Morgan fingerprint density at radius 1 is 1.35 bits per heavy atom. The van der Waals surface area contributed by atoms with E-state index in [1.807, 2.05) is 6.92 Å². The highest BCUT2D eigenvalue weighted by molar-refractivity contribution is 5.72. The van der Waals surface area contributed by atoms with Crippen LogP contribution in [0, 0.1) is 6.92 Å². The molecule has 1 aliphatic carbocycles. The average molecular weight is 235 g/mol. The average Bonchev–Trinajstić information content (AvgIpc) is 2.28. The summed E-state index contributed by atoms with van der Waals surface area (Å²) in [6.45, 7) is 1.90. The first-order chi connectivity index (χ1) is 8.08. The third-order valence-corrected chi connectivity index (χ3v) is 3.09. The molecule has 0 aliphatic heterocycles. The largest absolute Gasteiger partial charge is 0.480 e. The van der Waals surface area contributed by atoms with Crippen LogP contribution in [-0.4, -0.2) is 34.6 Å². The van der Waals surface area contributed by atoms with Gasteiger partial charge in [0.2, 0.25) is 5.95 Å². The van der Waals surface area contributed by atoms with Crippen LogP contribution in [0.15, 0.2) is 0 Å². The van der Waals surface area contributed by atoms with Gasteiger partial charge in [0.15, 0.2) is 0 Å². The zero-order valence-electron chi connectivity index (χ0n) is 10.2. The molecule has 0 spiro atoms. The van der Waals surface area contributed by atoms with Crippen molar-refractivity contribution >= 4 is 11.9 Å². The second-order valence-corrected chi connectivity index (χ2v) is 4.49. The maximum atomic E-state index is 10.7. The molecule has 0 saturated heterocycles. The molecule has 0 radical (unpaired) electrons. The number of hydrogen-bond donors (Lipinski definition) is 1. The Hall–Kier alpha value is -1.65. The topological polar surface area (TPSA) is 66.3 Å². The lowest BCUT2D eigenvalue weighted by atomic mass is 9.95. The third kappa shape index (κ3) is 2.54. The van der Waals surface area contributed by atoms with Crippen LogP contribution >= 0.6 is 0 Å². The van der Waals surface area contributed by atoms with E-state index in [4.69, 9.17) is 5.11 Å². The van der Waals surface area contributed by atoms with Gasteiger partial charge in [-0.15, -0.1) is 0 Å². The SMILES string of the molecule is Cc1nc(N(C)CC(=O)O)nc2c1CCCC2. The molecule has 1 aliphatic rings. The predicted octanol–water partition coefficient (Wildman–Crippen LogP) is 1.18. The van der Waals surface area contributed by atoms with Gasteiger partial charge in [-0.25, -0.2) is 9.97 Å². The maximum Gasteiger partial charge on any atom is 0.323 e. The van der Waals surface area contributed by atoms with Gasteiger partial charge in [-0.3, -0.25) is 4.79 Å². The predicted molar refractivity (Wildman–Crippen MR) is 64.3 cm³/mol. The van der Waals surface area contributed by atoms with Crippen LogP contribution in [0.1, 0.15) is 29.8 Å². The van der Waals surface area contributed by atoms with Gasteiger partial charge in [-0.1, -0.05) is 0 Å². The quantitative estimate of drug-likeness (QED) is 0.852. The van der Waals surface area contributed by atoms with Crippen LogP contribution in [0.4, 0.5) is 5.95 Å². The Morgan fingerprint density at radius 3 is 2.76 bits per heavy atom. The summed E-state index contributed by atoms with van der Waals surface area (Å²) in [4.78, 5) is 21.1. The minimum Gasteiger partial charge on any atom is -0.480 e. The van der Waals surface area contributed by atoms with Gasteiger partial charge >= 0.3 is 5.97 Å². The maximum absolute atomic E-state index is 10.7. The number of anilines is 1. The summed E-state index contributed by atoms with van der Waals surface area (Å²) in [5.41, 5.74) is 3.33. The Balaban J connectivity index is 2.30. The second kappa shape index (κ2) is 4.69. The third-order valence-electron chi connectivity index (χ3n) is 3.09. The number of likely N-dealkylation sites (N-methyl/N-ethyl adjacent to an activating group) is 1. The number of carbonyl (C=O) groups is 1. The Morgan fingerprint density at radius 2 is 2.06 bits per heavy atom. The van der Waals surface area contributed by atoms with Crippen molar-refractivity contribution in [1.29, 1.82) is 0 Å². The fourth-order valence-corrected chi connectivity index (χ4v) is 2.21. The van der Waals surface area contributed by atoms with Crippen LogP contribution in [0.3, 0.4) is 0 Å². The molecule has 0 saturated carbocycles. The first kappa shape index (κ1) is 11.8. The molecule has 0 bridgehead atoms. The molecule has 0 unspecified atom stereocenters. The molecule has 0 fully saturated rings. The molecule has 0 aromatic carbocycles.